The van der Waals surface area contributed by atoms with Crippen LogP contribution < -0.4 is 10.6 Å². The van der Waals surface area contributed by atoms with E-state index in [4.69, 9.17) is 5.73 Å². The smallest absolute Gasteiger partial charge is 0.390 e. The highest BCUT2D eigenvalue weighted by atomic mass is 19.4. The molecule has 1 aliphatic heterocycles. The Labute approximate surface area is 108 Å². The topological polar surface area (TPSA) is 49.6 Å². The summed E-state index contributed by atoms with van der Waals surface area (Å²) < 4.78 is 36.4. The zero-order valence-electron chi connectivity index (χ0n) is 10.2. The van der Waals surface area contributed by atoms with Crippen molar-refractivity contribution in [3.63, 3.8) is 0 Å². The molecule has 0 radical (unpaired) electrons. The van der Waals surface area contributed by atoms with Crippen LogP contribution in [-0.2, 0) is 0 Å². The van der Waals surface area contributed by atoms with E-state index < -0.39 is 18.6 Å². The molecular formula is C12H14F3N3O. The zero-order valence-corrected chi connectivity index (χ0v) is 10.2. The third-order valence-corrected chi connectivity index (χ3v) is 2.99. The van der Waals surface area contributed by atoms with Gasteiger partial charge in [0.1, 0.15) is 0 Å². The second kappa shape index (κ2) is 4.99. The average molecular weight is 273 g/mol. The van der Waals surface area contributed by atoms with E-state index >= 15 is 0 Å². The maximum absolute atomic E-state index is 12.1. The number of hydrogen-bond acceptors (Lipinski definition) is 2. The summed E-state index contributed by atoms with van der Waals surface area (Å²) in [7, 11) is 0. The maximum atomic E-state index is 12.1. The fourth-order valence-electron chi connectivity index (χ4n) is 2.01. The molecule has 0 atom stereocenters. The van der Waals surface area contributed by atoms with Gasteiger partial charge in [0.25, 0.3) is 0 Å². The molecule has 0 saturated carbocycles. The molecule has 0 aliphatic carbocycles. The molecule has 1 fully saturated rings. The minimum Gasteiger partial charge on any atom is -0.397 e. The summed E-state index contributed by atoms with van der Waals surface area (Å²) in [4.78, 5) is 14.6. The number of rotatable bonds is 3. The quantitative estimate of drug-likeness (QED) is 0.860. The number of nitrogens with two attached hydrogens (primary N) is 1. The van der Waals surface area contributed by atoms with Crippen molar-refractivity contribution in [2.24, 2.45) is 0 Å². The van der Waals surface area contributed by atoms with Gasteiger partial charge in [0.2, 0.25) is 0 Å². The molecule has 19 heavy (non-hydrogen) atoms. The third kappa shape index (κ3) is 3.10. The Bertz CT molecular complexity index is 476. The number of amides is 2. The summed E-state index contributed by atoms with van der Waals surface area (Å²) in [5.41, 5.74) is 6.74. The molecular weight excluding hydrogens is 259 g/mol. The molecule has 1 aliphatic rings. The number of benzene rings is 1. The molecule has 104 valence electrons. The number of hydrogen-bond donors (Lipinski definition) is 1. The van der Waals surface area contributed by atoms with Gasteiger partial charge in [-0.15, -0.1) is 0 Å². The lowest BCUT2D eigenvalue weighted by atomic mass is 10.2. The van der Waals surface area contributed by atoms with Gasteiger partial charge >= 0.3 is 12.2 Å². The van der Waals surface area contributed by atoms with Crippen molar-refractivity contribution < 1.29 is 18.0 Å². The molecule has 0 spiro atoms. The minimum atomic E-state index is -4.25. The average Bonchev–Trinajstić information content (AvgIpc) is 2.68. The van der Waals surface area contributed by atoms with Crippen molar-refractivity contribution in [3.8, 4) is 0 Å². The zero-order chi connectivity index (χ0) is 14.0. The predicted molar refractivity (Wildman–Crippen MR) is 65.8 cm³/mol. The van der Waals surface area contributed by atoms with E-state index in [1.165, 1.54) is 9.80 Å². The van der Waals surface area contributed by atoms with E-state index in [0.717, 1.165) is 0 Å². The van der Waals surface area contributed by atoms with Crippen molar-refractivity contribution in [1.82, 2.24) is 4.90 Å². The van der Waals surface area contributed by atoms with Gasteiger partial charge in [0, 0.05) is 19.6 Å². The second-order valence-corrected chi connectivity index (χ2v) is 4.35. The van der Waals surface area contributed by atoms with E-state index in [-0.39, 0.29) is 13.1 Å². The number of nitrogens with zero attached hydrogens (tertiary/aromatic N) is 2. The van der Waals surface area contributed by atoms with Gasteiger partial charge in [-0.05, 0) is 12.1 Å². The Hall–Kier alpha value is -1.92. The van der Waals surface area contributed by atoms with Gasteiger partial charge < -0.3 is 10.6 Å². The van der Waals surface area contributed by atoms with Crippen LogP contribution in [-0.4, -0.2) is 36.7 Å². The number of urea groups is 1. The normalized spacial score (nSPS) is 16.3. The van der Waals surface area contributed by atoms with Gasteiger partial charge in [-0.2, -0.15) is 13.2 Å². The van der Waals surface area contributed by atoms with Crippen LogP contribution in [0.25, 0.3) is 0 Å². The fraction of sp³-hybridized carbons (Fsp3) is 0.417. The van der Waals surface area contributed by atoms with Gasteiger partial charge in [0.15, 0.2) is 0 Å². The molecule has 2 rings (SSSR count). The molecule has 0 aromatic heterocycles. The Morgan fingerprint density at radius 3 is 2.53 bits per heavy atom. The molecule has 1 aromatic carbocycles. The molecule has 1 saturated heterocycles. The lowest BCUT2D eigenvalue weighted by Gasteiger charge is -2.20. The number of halogens is 3. The van der Waals surface area contributed by atoms with Gasteiger partial charge in [0.05, 0.1) is 17.8 Å². The van der Waals surface area contributed by atoms with Crippen LogP contribution in [0.5, 0.6) is 0 Å². The Balaban J connectivity index is 2.04. The highest BCUT2D eigenvalue weighted by Gasteiger charge is 2.34. The van der Waals surface area contributed by atoms with Crippen LogP contribution >= 0.6 is 0 Å². The lowest BCUT2D eigenvalue weighted by Crippen LogP contribution is -2.34. The molecule has 1 heterocycles. The molecule has 4 nitrogen and oxygen atoms in total. The first-order chi connectivity index (χ1) is 8.88. The molecule has 1 aromatic rings. The van der Waals surface area contributed by atoms with E-state index in [1.807, 2.05) is 0 Å². The van der Waals surface area contributed by atoms with Crippen LogP contribution in [0.3, 0.4) is 0 Å². The summed E-state index contributed by atoms with van der Waals surface area (Å²) in [6.45, 7) is 0.319. The minimum absolute atomic E-state index is 0.281. The molecule has 7 heteroatoms. The Morgan fingerprint density at radius 2 is 1.89 bits per heavy atom. The molecule has 2 amide bonds. The van der Waals surface area contributed by atoms with Crippen LogP contribution in [0.2, 0.25) is 0 Å². The van der Waals surface area contributed by atoms with Crippen molar-refractivity contribution in [1.29, 1.82) is 0 Å². The molecule has 2 N–H and O–H groups in total. The first-order valence-corrected chi connectivity index (χ1v) is 5.86. The highest BCUT2D eigenvalue weighted by molar-refractivity contribution is 5.97. The standard InChI is InChI=1S/C12H14F3N3O/c13-12(14,15)5-6-17-7-8-18(11(17)19)10-4-2-1-3-9(10)16/h1-4H,5-8,16H2. The van der Waals surface area contributed by atoms with Crippen LogP contribution in [0, 0.1) is 0 Å². The number of nitrogen functional groups attached to an aromatic ring is 1. The van der Waals surface area contributed by atoms with Gasteiger partial charge in [-0.25, -0.2) is 4.79 Å². The van der Waals surface area contributed by atoms with Crippen molar-refractivity contribution in [2.75, 3.05) is 30.3 Å². The predicted octanol–water partition coefficient (Wildman–Crippen LogP) is 2.46. The van der Waals surface area contributed by atoms with E-state index in [9.17, 15) is 18.0 Å². The third-order valence-electron chi connectivity index (χ3n) is 2.99. The number of para-hydroxylation sites is 2. The fourth-order valence-corrected chi connectivity index (χ4v) is 2.01. The number of alkyl halides is 3. The lowest BCUT2D eigenvalue weighted by molar-refractivity contribution is -0.136. The monoisotopic (exact) mass is 273 g/mol. The number of carbonyl (C=O) groups is 1. The summed E-state index contributed by atoms with van der Waals surface area (Å²) in [6.07, 6.45) is -5.24. The maximum Gasteiger partial charge on any atom is 0.390 e. The summed E-state index contributed by atoms with van der Waals surface area (Å²) in [5, 5.41) is 0. The summed E-state index contributed by atoms with van der Waals surface area (Å²) in [6, 6.07) is 6.38. The molecule has 0 unspecified atom stereocenters. The van der Waals surface area contributed by atoms with Crippen molar-refractivity contribution in [3.05, 3.63) is 24.3 Å². The van der Waals surface area contributed by atoms with Gasteiger partial charge in [-0.3, -0.25) is 4.90 Å². The van der Waals surface area contributed by atoms with E-state index in [1.54, 1.807) is 24.3 Å². The molecule has 0 bridgehead atoms. The second-order valence-electron chi connectivity index (χ2n) is 4.35. The van der Waals surface area contributed by atoms with Crippen LogP contribution in [0.1, 0.15) is 6.42 Å². The van der Waals surface area contributed by atoms with Crippen LogP contribution in [0.4, 0.5) is 29.3 Å². The Kier molecular flexibility index (Phi) is 3.55. The SMILES string of the molecule is Nc1ccccc1N1CCN(CCC(F)(F)F)C1=O. The van der Waals surface area contributed by atoms with Gasteiger partial charge in [-0.1, -0.05) is 12.1 Å². The van der Waals surface area contributed by atoms with Crippen molar-refractivity contribution in [2.45, 2.75) is 12.6 Å². The number of anilines is 2. The Morgan fingerprint density at radius 1 is 1.21 bits per heavy atom. The highest BCUT2D eigenvalue weighted by Crippen LogP contribution is 2.27. The summed E-state index contributed by atoms with van der Waals surface area (Å²) in [5.74, 6) is 0. The first-order valence-electron chi connectivity index (χ1n) is 5.86. The summed E-state index contributed by atoms with van der Waals surface area (Å²) >= 11 is 0. The first kappa shape index (κ1) is 13.5. The largest absolute Gasteiger partial charge is 0.397 e. The van der Waals surface area contributed by atoms with Crippen molar-refractivity contribution >= 4 is 17.4 Å². The number of carbonyl (C=O) groups excluding carboxylic acids is 1. The van der Waals surface area contributed by atoms with E-state index in [2.05, 4.69) is 0 Å². The van der Waals surface area contributed by atoms with Crippen LogP contribution in [0.15, 0.2) is 24.3 Å². The van der Waals surface area contributed by atoms with E-state index in [0.29, 0.717) is 17.9 Å².